The van der Waals surface area contributed by atoms with Crippen LogP contribution in [0.3, 0.4) is 0 Å². The average Bonchev–Trinajstić information content (AvgIpc) is 2.71. The van der Waals surface area contributed by atoms with Crippen molar-refractivity contribution in [1.29, 1.82) is 0 Å². The molecule has 6 heteroatoms. The smallest absolute Gasteiger partial charge is 0.418 e. The van der Waals surface area contributed by atoms with Crippen LogP contribution in [0.1, 0.15) is 31.4 Å². The van der Waals surface area contributed by atoms with Gasteiger partial charge in [-0.05, 0) is 25.8 Å². The summed E-state index contributed by atoms with van der Waals surface area (Å²) in [6, 6.07) is 7.74. The van der Waals surface area contributed by atoms with Gasteiger partial charge in [-0.25, -0.2) is 9.69 Å². The number of cyclic esters (lactones) is 1. The number of carbonyl (C=O) groups excluding carboxylic acids is 3. The van der Waals surface area contributed by atoms with Crippen LogP contribution in [0.25, 0.3) is 0 Å². The monoisotopic (exact) mass is 304 g/mol. The van der Waals surface area contributed by atoms with Gasteiger partial charge < -0.3 is 10.1 Å². The molecule has 1 unspecified atom stereocenters. The van der Waals surface area contributed by atoms with Crippen LogP contribution in [0.15, 0.2) is 24.3 Å². The first-order valence-electron chi connectivity index (χ1n) is 7.23. The molecule has 1 saturated heterocycles. The number of nitrogens with one attached hydrogen (secondary N) is 1. The van der Waals surface area contributed by atoms with E-state index in [1.165, 1.54) is 0 Å². The molecule has 0 saturated carbocycles. The lowest BCUT2D eigenvalue weighted by molar-refractivity contribution is -0.138. The van der Waals surface area contributed by atoms with E-state index >= 15 is 0 Å². The van der Waals surface area contributed by atoms with Crippen LogP contribution in [0.2, 0.25) is 0 Å². The van der Waals surface area contributed by atoms with Crippen LogP contribution in [0.5, 0.6) is 0 Å². The van der Waals surface area contributed by atoms with Crippen LogP contribution >= 0.6 is 0 Å². The molecule has 1 fully saturated rings. The van der Waals surface area contributed by atoms with E-state index < -0.39 is 23.5 Å². The molecule has 1 aromatic rings. The van der Waals surface area contributed by atoms with Crippen molar-refractivity contribution in [3.63, 3.8) is 0 Å². The number of benzene rings is 1. The lowest BCUT2D eigenvalue weighted by atomic mass is 10.0. The standard InChI is InChI=1S/C16H20N2O4/c1-4-16(3)14(20)18(15(21)22-16)10-13(19)17-9-12-7-5-11(2)6-8-12/h5-8H,4,9-10H2,1-3H3,(H,17,19). The molecule has 1 aromatic carbocycles. The summed E-state index contributed by atoms with van der Waals surface area (Å²) < 4.78 is 5.06. The highest BCUT2D eigenvalue weighted by molar-refractivity contribution is 6.05. The third-order valence-corrected chi connectivity index (χ3v) is 3.82. The summed E-state index contributed by atoms with van der Waals surface area (Å²) in [5.74, 6) is -0.864. The highest BCUT2D eigenvalue weighted by Gasteiger charge is 2.49. The van der Waals surface area contributed by atoms with Gasteiger partial charge in [-0.1, -0.05) is 36.8 Å². The molecule has 0 radical (unpaired) electrons. The van der Waals surface area contributed by atoms with Gasteiger partial charge in [-0.15, -0.1) is 0 Å². The minimum absolute atomic E-state index is 0.320. The maximum absolute atomic E-state index is 12.1. The molecule has 1 N–H and O–H groups in total. The summed E-state index contributed by atoms with van der Waals surface area (Å²) in [5.41, 5.74) is 0.931. The largest absolute Gasteiger partial charge is 0.433 e. The van der Waals surface area contributed by atoms with E-state index in [9.17, 15) is 14.4 Å². The second-order valence-electron chi connectivity index (χ2n) is 5.61. The zero-order chi connectivity index (χ0) is 16.3. The number of aryl methyl sites for hydroxylation is 1. The van der Waals surface area contributed by atoms with Crippen LogP contribution in [-0.4, -0.2) is 35.0 Å². The summed E-state index contributed by atoms with van der Waals surface area (Å²) in [6.07, 6.45) is -0.390. The highest BCUT2D eigenvalue weighted by Crippen LogP contribution is 2.26. The van der Waals surface area contributed by atoms with Gasteiger partial charge in [0, 0.05) is 6.54 Å². The van der Waals surface area contributed by atoms with E-state index in [-0.39, 0.29) is 6.54 Å². The van der Waals surface area contributed by atoms with Gasteiger partial charge in [0.25, 0.3) is 5.91 Å². The van der Waals surface area contributed by atoms with Crippen LogP contribution < -0.4 is 5.32 Å². The molecular weight excluding hydrogens is 284 g/mol. The lowest BCUT2D eigenvalue weighted by Gasteiger charge is -2.17. The van der Waals surface area contributed by atoms with Crippen molar-refractivity contribution in [2.45, 2.75) is 39.3 Å². The molecular formula is C16H20N2O4. The van der Waals surface area contributed by atoms with Crippen molar-refractivity contribution < 1.29 is 19.1 Å². The molecule has 1 heterocycles. The van der Waals surface area contributed by atoms with E-state index in [2.05, 4.69) is 5.32 Å². The first kappa shape index (κ1) is 16.0. The van der Waals surface area contributed by atoms with E-state index in [1.54, 1.807) is 13.8 Å². The van der Waals surface area contributed by atoms with Gasteiger partial charge in [0.15, 0.2) is 5.60 Å². The normalized spacial score (nSPS) is 21.0. The van der Waals surface area contributed by atoms with Gasteiger partial charge in [0.2, 0.25) is 5.91 Å². The molecule has 0 spiro atoms. The Labute approximate surface area is 129 Å². The van der Waals surface area contributed by atoms with Gasteiger partial charge in [0.05, 0.1) is 0 Å². The maximum Gasteiger partial charge on any atom is 0.418 e. The Hall–Kier alpha value is -2.37. The van der Waals surface area contributed by atoms with Gasteiger partial charge in [-0.2, -0.15) is 0 Å². The van der Waals surface area contributed by atoms with Crippen molar-refractivity contribution in [3.8, 4) is 0 Å². The van der Waals surface area contributed by atoms with Crippen molar-refractivity contribution in [3.05, 3.63) is 35.4 Å². The Morgan fingerprint density at radius 3 is 2.45 bits per heavy atom. The van der Waals surface area contributed by atoms with E-state index in [0.29, 0.717) is 13.0 Å². The number of carbonyl (C=O) groups is 3. The summed E-state index contributed by atoms with van der Waals surface area (Å²) in [7, 11) is 0. The zero-order valence-corrected chi connectivity index (χ0v) is 13.0. The van der Waals surface area contributed by atoms with E-state index in [1.807, 2.05) is 31.2 Å². The third-order valence-electron chi connectivity index (χ3n) is 3.82. The number of imide groups is 1. The SMILES string of the molecule is CCC1(C)OC(=O)N(CC(=O)NCc2ccc(C)cc2)C1=O. The number of ether oxygens (including phenoxy) is 1. The topological polar surface area (TPSA) is 75.7 Å². The second-order valence-corrected chi connectivity index (χ2v) is 5.61. The maximum atomic E-state index is 12.1. The summed E-state index contributed by atoms with van der Waals surface area (Å²) in [5, 5.41) is 2.69. The fraction of sp³-hybridized carbons (Fsp3) is 0.438. The molecule has 1 atom stereocenters. The predicted octanol–water partition coefficient (Wildman–Crippen LogP) is 1.76. The summed E-state index contributed by atoms with van der Waals surface area (Å²) in [6.45, 7) is 5.32. The second kappa shape index (κ2) is 6.17. The molecule has 118 valence electrons. The molecule has 3 amide bonds. The van der Waals surface area contributed by atoms with E-state index in [0.717, 1.165) is 16.0 Å². The summed E-state index contributed by atoms with van der Waals surface area (Å²) in [4.78, 5) is 36.6. The Kier molecular flexibility index (Phi) is 4.49. The number of amides is 3. The Morgan fingerprint density at radius 1 is 1.27 bits per heavy atom. The van der Waals surface area contributed by atoms with Gasteiger partial charge in [0.1, 0.15) is 6.54 Å². The molecule has 1 aliphatic rings. The lowest BCUT2D eigenvalue weighted by Crippen LogP contribution is -2.43. The molecule has 22 heavy (non-hydrogen) atoms. The number of nitrogens with zero attached hydrogens (tertiary/aromatic N) is 1. The molecule has 0 aliphatic carbocycles. The molecule has 0 aromatic heterocycles. The van der Waals surface area contributed by atoms with Crippen molar-refractivity contribution in [2.24, 2.45) is 0 Å². The quantitative estimate of drug-likeness (QED) is 0.899. The number of hydrogen-bond donors (Lipinski definition) is 1. The molecule has 1 aliphatic heterocycles. The van der Waals surface area contributed by atoms with Crippen molar-refractivity contribution in [2.75, 3.05) is 6.54 Å². The summed E-state index contributed by atoms with van der Waals surface area (Å²) >= 11 is 0. The first-order chi connectivity index (χ1) is 10.4. The highest BCUT2D eigenvalue weighted by atomic mass is 16.6. The van der Waals surface area contributed by atoms with Crippen molar-refractivity contribution in [1.82, 2.24) is 10.2 Å². The average molecular weight is 304 g/mol. The minimum atomic E-state index is -1.16. The first-order valence-corrected chi connectivity index (χ1v) is 7.23. The van der Waals surface area contributed by atoms with Gasteiger partial charge >= 0.3 is 6.09 Å². The Balaban J connectivity index is 1.91. The number of hydrogen-bond acceptors (Lipinski definition) is 4. The van der Waals surface area contributed by atoms with Crippen LogP contribution in [-0.2, 0) is 20.9 Å². The zero-order valence-electron chi connectivity index (χ0n) is 13.0. The number of rotatable bonds is 5. The molecule has 0 bridgehead atoms. The fourth-order valence-corrected chi connectivity index (χ4v) is 2.13. The van der Waals surface area contributed by atoms with Gasteiger partial charge in [-0.3, -0.25) is 9.59 Å². The minimum Gasteiger partial charge on any atom is -0.433 e. The third kappa shape index (κ3) is 3.27. The Morgan fingerprint density at radius 2 is 1.91 bits per heavy atom. The molecule has 2 rings (SSSR count). The predicted molar refractivity (Wildman–Crippen MR) is 79.9 cm³/mol. The van der Waals surface area contributed by atoms with Crippen LogP contribution in [0, 0.1) is 6.92 Å². The van der Waals surface area contributed by atoms with Crippen molar-refractivity contribution >= 4 is 17.9 Å². The van der Waals surface area contributed by atoms with E-state index in [4.69, 9.17) is 4.74 Å². The molecule has 6 nitrogen and oxygen atoms in total. The fourth-order valence-electron chi connectivity index (χ4n) is 2.13. The Bertz CT molecular complexity index is 597. The van der Waals surface area contributed by atoms with Crippen LogP contribution in [0.4, 0.5) is 4.79 Å².